The van der Waals surface area contributed by atoms with Crippen molar-refractivity contribution in [2.45, 2.75) is 39.8 Å². The van der Waals surface area contributed by atoms with Crippen LogP contribution < -0.4 is 10.1 Å². The molecule has 2 aromatic rings. The largest absolute Gasteiger partial charge is 0.497 e. The number of nitrogens with zero attached hydrogens (tertiary/aromatic N) is 1. The molecule has 0 radical (unpaired) electrons. The quantitative estimate of drug-likeness (QED) is 0.600. The van der Waals surface area contributed by atoms with Gasteiger partial charge in [0, 0.05) is 23.1 Å². The van der Waals surface area contributed by atoms with Crippen LogP contribution in [0.3, 0.4) is 0 Å². The Hall–Kier alpha value is -2.24. The third kappa shape index (κ3) is 6.64. The highest BCUT2D eigenvalue weighted by molar-refractivity contribution is 6.36. The van der Waals surface area contributed by atoms with E-state index in [1.807, 2.05) is 38.1 Å². The molecule has 0 spiro atoms. The monoisotopic (exact) mass is 450 g/mol. The minimum Gasteiger partial charge on any atom is -0.497 e. The van der Waals surface area contributed by atoms with Crippen LogP contribution in [0.25, 0.3) is 0 Å². The summed E-state index contributed by atoms with van der Waals surface area (Å²) in [6.07, 6.45) is 0.0104. The Morgan fingerprint density at radius 2 is 1.63 bits per heavy atom. The van der Waals surface area contributed by atoms with Crippen LogP contribution in [0.1, 0.15) is 31.9 Å². The molecule has 2 aromatic carbocycles. The van der Waals surface area contributed by atoms with Gasteiger partial charge in [0.25, 0.3) is 0 Å². The number of methoxy groups -OCH3 is 1. The van der Waals surface area contributed by atoms with Gasteiger partial charge in [0.05, 0.1) is 13.5 Å². The SMILES string of the molecule is COc1ccc(CN(C(=O)Cc2c(Cl)cccc2Cl)[C@H](C)C(=O)NCC(C)C)cc1. The van der Waals surface area contributed by atoms with Crippen LogP contribution in [0.15, 0.2) is 42.5 Å². The van der Waals surface area contributed by atoms with Crippen molar-refractivity contribution in [2.24, 2.45) is 5.92 Å². The lowest BCUT2D eigenvalue weighted by molar-refractivity contribution is -0.140. The second-order valence-electron chi connectivity index (χ2n) is 7.56. The second-order valence-corrected chi connectivity index (χ2v) is 8.38. The maximum atomic E-state index is 13.2. The molecule has 1 atom stereocenters. The first-order valence-electron chi connectivity index (χ1n) is 9.86. The Balaban J connectivity index is 2.26. The number of hydrogen-bond donors (Lipinski definition) is 1. The number of carbonyl (C=O) groups excluding carboxylic acids is 2. The van der Waals surface area contributed by atoms with Crippen LogP contribution in [0.2, 0.25) is 10.0 Å². The summed E-state index contributed by atoms with van der Waals surface area (Å²) in [4.78, 5) is 27.5. The molecule has 0 bridgehead atoms. The summed E-state index contributed by atoms with van der Waals surface area (Å²) in [6, 6.07) is 11.9. The van der Waals surface area contributed by atoms with E-state index in [-0.39, 0.29) is 24.8 Å². The predicted octanol–water partition coefficient (Wildman–Crippen LogP) is 4.73. The lowest BCUT2D eigenvalue weighted by Gasteiger charge is -2.29. The molecule has 0 aromatic heterocycles. The Morgan fingerprint density at radius 3 is 2.17 bits per heavy atom. The van der Waals surface area contributed by atoms with Crippen LogP contribution in [-0.2, 0) is 22.6 Å². The van der Waals surface area contributed by atoms with E-state index < -0.39 is 6.04 Å². The molecule has 7 heteroatoms. The molecule has 2 rings (SSSR count). The zero-order chi connectivity index (χ0) is 22.3. The first kappa shape index (κ1) is 24.0. The predicted molar refractivity (Wildman–Crippen MR) is 121 cm³/mol. The van der Waals surface area contributed by atoms with Gasteiger partial charge in [-0.1, -0.05) is 55.2 Å². The van der Waals surface area contributed by atoms with Crippen LogP contribution in [0, 0.1) is 5.92 Å². The number of benzene rings is 2. The van der Waals surface area contributed by atoms with Crippen LogP contribution >= 0.6 is 23.2 Å². The molecular weight excluding hydrogens is 423 g/mol. The van der Waals surface area contributed by atoms with E-state index in [2.05, 4.69) is 5.32 Å². The van der Waals surface area contributed by atoms with Crippen LogP contribution in [0.4, 0.5) is 0 Å². The number of amides is 2. The van der Waals surface area contributed by atoms with E-state index in [9.17, 15) is 9.59 Å². The zero-order valence-corrected chi connectivity index (χ0v) is 19.3. The number of hydrogen-bond acceptors (Lipinski definition) is 3. The molecule has 0 saturated carbocycles. The van der Waals surface area contributed by atoms with E-state index in [0.717, 1.165) is 11.3 Å². The first-order chi connectivity index (χ1) is 14.2. The van der Waals surface area contributed by atoms with Gasteiger partial charge in [0.2, 0.25) is 11.8 Å². The maximum absolute atomic E-state index is 13.2. The number of rotatable bonds is 9. The lowest BCUT2D eigenvalue weighted by Crippen LogP contribution is -2.48. The molecule has 0 saturated heterocycles. The van der Waals surface area contributed by atoms with E-state index in [0.29, 0.717) is 28.1 Å². The smallest absolute Gasteiger partial charge is 0.242 e. The van der Waals surface area contributed by atoms with E-state index in [1.165, 1.54) is 0 Å². The second kappa shape index (κ2) is 11.2. The number of carbonyl (C=O) groups is 2. The van der Waals surface area contributed by atoms with Gasteiger partial charge < -0.3 is 15.0 Å². The molecule has 30 heavy (non-hydrogen) atoms. The standard InChI is InChI=1S/C23H28Cl2N2O3/c1-15(2)13-26-23(29)16(3)27(14-17-8-10-18(30-4)11-9-17)22(28)12-19-20(24)6-5-7-21(19)25/h5-11,15-16H,12-14H2,1-4H3,(H,26,29)/t16-/m1/s1. The van der Waals surface area contributed by atoms with Gasteiger partial charge >= 0.3 is 0 Å². The van der Waals surface area contributed by atoms with Crippen molar-refractivity contribution in [1.82, 2.24) is 10.2 Å². The minimum atomic E-state index is -0.653. The van der Waals surface area contributed by atoms with E-state index in [1.54, 1.807) is 37.1 Å². The summed E-state index contributed by atoms with van der Waals surface area (Å²) in [5, 5.41) is 3.76. The molecule has 0 aliphatic rings. The lowest BCUT2D eigenvalue weighted by atomic mass is 10.1. The highest BCUT2D eigenvalue weighted by Gasteiger charge is 2.27. The van der Waals surface area contributed by atoms with Crippen molar-refractivity contribution >= 4 is 35.0 Å². The van der Waals surface area contributed by atoms with Gasteiger partial charge in [-0.2, -0.15) is 0 Å². The fourth-order valence-electron chi connectivity index (χ4n) is 2.92. The van der Waals surface area contributed by atoms with Gasteiger partial charge in [0.15, 0.2) is 0 Å². The molecular formula is C23H28Cl2N2O3. The van der Waals surface area contributed by atoms with Gasteiger partial charge in [0.1, 0.15) is 11.8 Å². The van der Waals surface area contributed by atoms with Gasteiger partial charge in [-0.05, 0) is 48.2 Å². The third-order valence-electron chi connectivity index (χ3n) is 4.75. The summed E-state index contributed by atoms with van der Waals surface area (Å²) in [5.74, 6) is 0.611. The fraction of sp³-hybridized carbons (Fsp3) is 0.391. The molecule has 1 N–H and O–H groups in total. The molecule has 162 valence electrons. The number of ether oxygens (including phenoxy) is 1. The van der Waals surface area contributed by atoms with Crippen LogP contribution in [0.5, 0.6) is 5.75 Å². The molecule has 0 aliphatic carbocycles. The van der Waals surface area contributed by atoms with Crippen molar-refractivity contribution in [3.05, 3.63) is 63.6 Å². The van der Waals surface area contributed by atoms with Gasteiger partial charge in [-0.3, -0.25) is 9.59 Å². The Bertz CT molecular complexity index is 849. The zero-order valence-electron chi connectivity index (χ0n) is 17.7. The highest BCUT2D eigenvalue weighted by atomic mass is 35.5. The number of nitrogens with one attached hydrogen (secondary N) is 1. The van der Waals surface area contributed by atoms with Crippen molar-refractivity contribution < 1.29 is 14.3 Å². The highest BCUT2D eigenvalue weighted by Crippen LogP contribution is 2.26. The fourth-order valence-corrected chi connectivity index (χ4v) is 3.45. The molecule has 2 amide bonds. The topological polar surface area (TPSA) is 58.6 Å². The average molecular weight is 451 g/mol. The van der Waals surface area contributed by atoms with Crippen molar-refractivity contribution in [3.8, 4) is 5.75 Å². The number of halogens is 2. The van der Waals surface area contributed by atoms with E-state index >= 15 is 0 Å². The van der Waals surface area contributed by atoms with Crippen molar-refractivity contribution in [3.63, 3.8) is 0 Å². The summed E-state index contributed by atoms with van der Waals surface area (Å²) in [6.45, 7) is 6.59. The average Bonchev–Trinajstić information content (AvgIpc) is 2.72. The maximum Gasteiger partial charge on any atom is 0.242 e. The summed E-state index contributed by atoms with van der Waals surface area (Å²) in [7, 11) is 1.60. The van der Waals surface area contributed by atoms with E-state index in [4.69, 9.17) is 27.9 Å². The Kier molecular flexibility index (Phi) is 9.00. The minimum absolute atomic E-state index is 0.0104. The Labute approximate surface area is 188 Å². The Morgan fingerprint density at radius 1 is 1.03 bits per heavy atom. The molecule has 0 heterocycles. The van der Waals surface area contributed by atoms with Crippen LogP contribution in [-0.4, -0.2) is 36.4 Å². The molecule has 0 unspecified atom stereocenters. The van der Waals surface area contributed by atoms with Crippen molar-refractivity contribution in [1.29, 1.82) is 0 Å². The third-order valence-corrected chi connectivity index (χ3v) is 5.46. The first-order valence-corrected chi connectivity index (χ1v) is 10.6. The molecule has 0 aliphatic heterocycles. The summed E-state index contributed by atoms with van der Waals surface area (Å²) < 4.78 is 5.19. The molecule has 0 fully saturated rings. The van der Waals surface area contributed by atoms with Gasteiger partial charge in [-0.15, -0.1) is 0 Å². The summed E-state index contributed by atoms with van der Waals surface area (Å²) in [5.41, 5.74) is 1.44. The molecule has 5 nitrogen and oxygen atoms in total. The van der Waals surface area contributed by atoms with Crippen molar-refractivity contribution in [2.75, 3.05) is 13.7 Å². The van der Waals surface area contributed by atoms with Gasteiger partial charge in [-0.25, -0.2) is 0 Å². The summed E-state index contributed by atoms with van der Waals surface area (Å²) >= 11 is 12.5. The normalized spacial score (nSPS) is 11.8.